The normalized spacial score (nSPS) is 32.6. The average molecular weight is 425 g/mol. The van der Waals surface area contributed by atoms with Crippen molar-refractivity contribution in [2.75, 3.05) is 0 Å². The summed E-state index contributed by atoms with van der Waals surface area (Å²) < 4.78 is 13.7. The second-order valence-electron chi connectivity index (χ2n) is 9.59. The first-order valence-electron chi connectivity index (χ1n) is 11.1. The van der Waals surface area contributed by atoms with Crippen molar-refractivity contribution in [1.82, 2.24) is 10.3 Å². The fraction of sp³-hybridized carbons (Fsp3) is 0.520. The van der Waals surface area contributed by atoms with Crippen LogP contribution in [0.25, 0.3) is 6.08 Å². The highest BCUT2D eigenvalue weighted by atomic mass is 32.1. The highest BCUT2D eigenvalue weighted by Gasteiger charge is 2.60. The first-order chi connectivity index (χ1) is 14.4. The van der Waals surface area contributed by atoms with Crippen molar-refractivity contribution in [3.63, 3.8) is 0 Å². The molecule has 0 unspecified atom stereocenters. The lowest BCUT2D eigenvalue weighted by atomic mass is 9.73. The molecule has 1 aromatic heterocycles. The highest BCUT2D eigenvalue weighted by Crippen LogP contribution is 2.65. The zero-order chi connectivity index (χ0) is 20.9. The maximum atomic E-state index is 14.0. The number of pyridine rings is 1. The van der Waals surface area contributed by atoms with E-state index < -0.39 is 0 Å². The van der Waals surface area contributed by atoms with Gasteiger partial charge in [0.15, 0.2) is 0 Å². The number of nitrogens with one attached hydrogen (secondary N) is 1. The van der Waals surface area contributed by atoms with Crippen LogP contribution in [-0.4, -0.2) is 10.9 Å². The van der Waals surface area contributed by atoms with E-state index in [0.29, 0.717) is 12.8 Å². The molecule has 1 heterocycles. The van der Waals surface area contributed by atoms with Gasteiger partial charge < -0.3 is 5.32 Å². The Balaban J connectivity index is 1.29. The molecular formula is C25H29FN2OS. The van der Waals surface area contributed by atoms with Crippen LogP contribution in [0.2, 0.25) is 0 Å². The van der Waals surface area contributed by atoms with E-state index in [1.807, 2.05) is 18.3 Å². The van der Waals surface area contributed by atoms with Gasteiger partial charge in [-0.2, -0.15) is 12.6 Å². The molecule has 1 amide bonds. The van der Waals surface area contributed by atoms with Gasteiger partial charge in [0.25, 0.3) is 0 Å². The number of fused-ring (bicyclic) bond motifs is 1. The topological polar surface area (TPSA) is 42.0 Å². The van der Waals surface area contributed by atoms with Crippen LogP contribution in [0.5, 0.6) is 0 Å². The van der Waals surface area contributed by atoms with Crippen LogP contribution in [0.15, 0.2) is 41.5 Å². The summed E-state index contributed by atoms with van der Waals surface area (Å²) in [6, 6.07) is 2.01. The quantitative estimate of drug-likeness (QED) is 0.604. The van der Waals surface area contributed by atoms with E-state index >= 15 is 0 Å². The number of hydrogen-bond donors (Lipinski definition) is 2. The van der Waals surface area contributed by atoms with Crippen molar-refractivity contribution < 1.29 is 9.18 Å². The van der Waals surface area contributed by atoms with E-state index in [2.05, 4.69) is 23.3 Å². The Morgan fingerprint density at radius 2 is 2.03 bits per heavy atom. The molecule has 5 heteroatoms. The largest absolute Gasteiger partial charge is 0.326 e. The Morgan fingerprint density at radius 3 is 2.80 bits per heavy atom. The van der Waals surface area contributed by atoms with Crippen molar-refractivity contribution in [2.24, 2.45) is 11.3 Å². The van der Waals surface area contributed by atoms with E-state index in [0.717, 1.165) is 67.5 Å². The number of hydrogen-bond acceptors (Lipinski definition) is 3. The van der Waals surface area contributed by atoms with E-state index in [9.17, 15) is 9.18 Å². The minimum atomic E-state index is -0.277. The van der Waals surface area contributed by atoms with Gasteiger partial charge in [-0.3, -0.25) is 9.78 Å². The lowest BCUT2D eigenvalue weighted by Crippen LogP contribution is -2.32. The summed E-state index contributed by atoms with van der Waals surface area (Å²) in [5, 5.41) is 3.18. The van der Waals surface area contributed by atoms with Crippen LogP contribution in [0, 0.1) is 11.3 Å². The first kappa shape index (κ1) is 20.0. The van der Waals surface area contributed by atoms with Gasteiger partial charge in [-0.1, -0.05) is 6.08 Å². The van der Waals surface area contributed by atoms with Gasteiger partial charge in [-0.05, 0) is 93.1 Å². The molecule has 5 rings (SSSR count). The molecule has 3 nitrogen and oxygen atoms in total. The molecule has 0 aromatic carbocycles. The van der Waals surface area contributed by atoms with Crippen LogP contribution in [-0.2, 0) is 16.0 Å². The minimum absolute atomic E-state index is 0.0683. The van der Waals surface area contributed by atoms with E-state index in [1.54, 1.807) is 6.08 Å². The molecule has 1 aromatic rings. The SMILES string of the molecule is CC1=C(NC(=O)[C@H]2CC23CCC(S)(c2ccnc4c2C=C(F)CC4)CC3)C=CCC1. The molecule has 0 saturated heterocycles. The number of amides is 1. The summed E-state index contributed by atoms with van der Waals surface area (Å²) in [6.07, 6.45) is 15.6. The predicted octanol–water partition coefficient (Wildman–Crippen LogP) is 5.78. The van der Waals surface area contributed by atoms with Crippen molar-refractivity contribution in [3.05, 3.63) is 58.3 Å². The fourth-order valence-electron chi connectivity index (χ4n) is 5.60. The molecule has 0 radical (unpaired) electrons. The van der Waals surface area contributed by atoms with Gasteiger partial charge in [0.1, 0.15) is 5.83 Å². The summed E-state index contributed by atoms with van der Waals surface area (Å²) in [6.45, 7) is 2.10. The zero-order valence-corrected chi connectivity index (χ0v) is 18.4. The van der Waals surface area contributed by atoms with Crippen molar-refractivity contribution in [3.8, 4) is 0 Å². The summed E-state index contributed by atoms with van der Waals surface area (Å²) in [5.74, 6) is 0.213. The van der Waals surface area contributed by atoms with Crippen LogP contribution in [0.4, 0.5) is 4.39 Å². The number of aryl methyl sites for hydroxylation is 1. The molecule has 0 bridgehead atoms. The standard InChI is InChI=1S/C25H29FN2OS/c1-16-4-2-3-5-21(16)28-23(29)20-15-24(20)9-11-25(30,12-10-24)19-8-13-27-22-7-6-17(26)14-18(19)22/h3,5,8,13-14,20,30H,2,4,6-7,9-12,15H2,1H3,(H,28,29)/t20-,24?,25?/m1/s1. The fourth-order valence-corrected chi connectivity index (χ4v) is 6.02. The smallest absolute Gasteiger partial charge is 0.228 e. The Hall–Kier alpha value is -1.88. The Kier molecular flexibility index (Phi) is 4.92. The number of thiol groups is 1. The summed E-state index contributed by atoms with van der Waals surface area (Å²) in [4.78, 5) is 17.4. The summed E-state index contributed by atoms with van der Waals surface area (Å²) in [5.41, 5.74) is 5.40. The van der Waals surface area contributed by atoms with Gasteiger partial charge in [0.05, 0.1) is 0 Å². The lowest BCUT2D eigenvalue weighted by Gasteiger charge is -2.39. The molecule has 1 atom stereocenters. The molecule has 1 N–H and O–H groups in total. The van der Waals surface area contributed by atoms with E-state index in [1.165, 1.54) is 5.57 Å². The van der Waals surface area contributed by atoms with Gasteiger partial charge in [-0.15, -0.1) is 0 Å². The summed E-state index contributed by atoms with van der Waals surface area (Å²) >= 11 is 5.11. The number of carbonyl (C=O) groups is 1. The third-order valence-electron chi connectivity index (χ3n) is 7.74. The molecule has 1 spiro atoms. The number of aromatic nitrogens is 1. The minimum Gasteiger partial charge on any atom is -0.326 e. The van der Waals surface area contributed by atoms with Gasteiger partial charge >= 0.3 is 0 Å². The first-order valence-corrected chi connectivity index (χ1v) is 11.6. The molecule has 2 fully saturated rings. The van der Waals surface area contributed by atoms with Crippen LogP contribution < -0.4 is 5.32 Å². The third-order valence-corrected chi connectivity index (χ3v) is 8.43. The number of halogens is 1. The second kappa shape index (κ2) is 7.37. The highest BCUT2D eigenvalue weighted by molar-refractivity contribution is 7.81. The van der Waals surface area contributed by atoms with Gasteiger partial charge in [0.2, 0.25) is 5.91 Å². The van der Waals surface area contributed by atoms with Gasteiger partial charge in [0, 0.05) is 40.2 Å². The van der Waals surface area contributed by atoms with Crippen LogP contribution in [0.1, 0.15) is 75.1 Å². The Labute approximate surface area is 183 Å². The second-order valence-corrected chi connectivity index (χ2v) is 10.4. The molecule has 30 heavy (non-hydrogen) atoms. The van der Waals surface area contributed by atoms with Crippen LogP contribution in [0.3, 0.4) is 0 Å². The van der Waals surface area contributed by atoms with E-state index in [-0.39, 0.29) is 27.8 Å². The van der Waals surface area contributed by atoms with Crippen molar-refractivity contribution in [2.45, 2.75) is 69.5 Å². The monoisotopic (exact) mass is 424 g/mol. The number of carbonyl (C=O) groups excluding carboxylic acids is 1. The molecule has 0 aliphatic heterocycles. The molecule has 4 aliphatic carbocycles. The number of allylic oxidation sites excluding steroid dienone is 4. The maximum Gasteiger partial charge on any atom is 0.228 e. The number of nitrogens with zero attached hydrogens (tertiary/aromatic N) is 1. The average Bonchev–Trinajstić information content (AvgIpc) is 3.46. The Bertz CT molecular complexity index is 985. The van der Waals surface area contributed by atoms with E-state index in [4.69, 9.17) is 12.6 Å². The Morgan fingerprint density at radius 1 is 1.23 bits per heavy atom. The van der Waals surface area contributed by atoms with Gasteiger partial charge in [-0.25, -0.2) is 4.39 Å². The lowest BCUT2D eigenvalue weighted by molar-refractivity contribution is -0.122. The molecule has 4 aliphatic rings. The molecule has 2 saturated carbocycles. The van der Waals surface area contributed by atoms with Crippen molar-refractivity contribution >= 4 is 24.6 Å². The number of rotatable bonds is 3. The summed E-state index contributed by atoms with van der Waals surface area (Å²) in [7, 11) is 0. The zero-order valence-electron chi connectivity index (χ0n) is 17.5. The van der Waals surface area contributed by atoms with Crippen LogP contribution >= 0.6 is 12.6 Å². The predicted molar refractivity (Wildman–Crippen MR) is 121 cm³/mol. The molecular weight excluding hydrogens is 395 g/mol. The van der Waals surface area contributed by atoms with Crippen molar-refractivity contribution in [1.29, 1.82) is 0 Å². The molecule has 158 valence electrons. The third kappa shape index (κ3) is 3.45. The maximum absolute atomic E-state index is 14.0.